The highest BCUT2D eigenvalue weighted by Crippen LogP contribution is 2.24. The van der Waals surface area contributed by atoms with Crippen LogP contribution in [-0.4, -0.2) is 36.9 Å². The van der Waals surface area contributed by atoms with Crippen LogP contribution in [0.4, 0.5) is 0 Å². The molecule has 0 atom stereocenters. The van der Waals surface area contributed by atoms with Gasteiger partial charge in [0.25, 0.3) is 5.56 Å². The van der Waals surface area contributed by atoms with E-state index in [-0.39, 0.29) is 17.0 Å². The van der Waals surface area contributed by atoms with Gasteiger partial charge in [0.15, 0.2) is 0 Å². The van der Waals surface area contributed by atoms with Gasteiger partial charge in [0.1, 0.15) is 0 Å². The molecule has 2 aromatic rings. The van der Waals surface area contributed by atoms with Crippen molar-refractivity contribution in [2.45, 2.75) is 17.9 Å². The minimum Gasteiger partial charge on any atom is -0.465 e. The number of sulfonamides is 1. The molecular weight excluding hydrogens is 344 g/mol. The van der Waals surface area contributed by atoms with Crippen molar-refractivity contribution < 1.29 is 17.9 Å². The molecule has 132 valence electrons. The molecule has 0 fully saturated rings. The number of pyridine rings is 1. The molecule has 1 aliphatic heterocycles. The number of carbonyl (C=O) groups excluding carboxylic acids is 1. The summed E-state index contributed by atoms with van der Waals surface area (Å²) in [7, 11) is -0.773. The van der Waals surface area contributed by atoms with Crippen LogP contribution in [-0.2, 0) is 34.8 Å². The van der Waals surface area contributed by atoms with Crippen molar-refractivity contribution >= 4 is 16.0 Å². The van der Waals surface area contributed by atoms with Crippen LogP contribution in [0, 0.1) is 0 Å². The molecule has 0 unspecified atom stereocenters. The summed E-state index contributed by atoms with van der Waals surface area (Å²) >= 11 is 0. The number of carbonyl (C=O) groups is 1. The van der Waals surface area contributed by atoms with Gasteiger partial charge in [0.05, 0.1) is 17.6 Å². The number of benzene rings is 1. The summed E-state index contributed by atoms with van der Waals surface area (Å²) in [5.74, 6) is -0.517. The fourth-order valence-corrected chi connectivity index (χ4v) is 4.27. The Bertz CT molecular complexity index is 977. The second kappa shape index (κ2) is 6.45. The lowest BCUT2D eigenvalue weighted by Crippen LogP contribution is -2.37. The fourth-order valence-electron chi connectivity index (χ4n) is 2.85. The van der Waals surface area contributed by atoms with Crippen molar-refractivity contribution in [3.8, 4) is 0 Å². The third kappa shape index (κ3) is 3.22. The highest BCUT2D eigenvalue weighted by Gasteiger charge is 2.29. The van der Waals surface area contributed by atoms with Crippen LogP contribution in [0.3, 0.4) is 0 Å². The number of methoxy groups -OCH3 is 1. The monoisotopic (exact) mass is 362 g/mol. The summed E-state index contributed by atoms with van der Waals surface area (Å²) in [5.41, 5.74) is 1.90. The van der Waals surface area contributed by atoms with Gasteiger partial charge >= 0.3 is 5.97 Å². The molecule has 8 heteroatoms. The van der Waals surface area contributed by atoms with Crippen LogP contribution < -0.4 is 5.56 Å². The van der Waals surface area contributed by atoms with Crippen LogP contribution in [0.2, 0.25) is 0 Å². The van der Waals surface area contributed by atoms with Crippen molar-refractivity contribution in [1.82, 2.24) is 8.87 Å². The van der Waals surface area contributed by atoms with E-state index in [0.717, 1.165) is 11.1 Å². The zero-order valence-corrected chi connectivity index (χ0v) is 14.7. The number of nitrogens with zero attached hydrogens (tertiary/aromatic N) is 2. The molecule has 3 rings (SSSR count). The van der Waals surface area contributed by atoms with Gasteiger partial charge in [0, 0.05) is 32.4 Å². The summed E-state index contributed by atoms with van der Waals surface area (Å²) in [4.78, 5) is 23.3. The first-order valence-corrected chi connectivity index (χ1v) is 9.14. The zero-order valence-electron chi connectivity index (χ0n) is 13.9. The van der Waals surface area contributed by atoms with Gasteiger partial charge in [-0.25, -0.2) is 13.2 Å². The summed E-state index contributed by atoms with van der Waals surface area (Å²) in [5, 5.41) is 0. The van der Waals surface area contributed by atoms with Gasteiger partial charge in [-0.15, -0.1) is 0 Å². The van der Waals surface area contributed by atoms with E-state index in [2.05, 4.69) is 4.74 Å². The number of aryl methyl sites for hydroxylation is 1. The van der Waals surface area contributed by atoms with Crippen LogP contribution in [0.1, 0.15) is 21.5 Å². The quantitative estimate of drug-likeness (QED) is 0.758. The molecule has 0 bridgehead atoms. The van der Waals surface area contributed by atoms with E-state index in [1.54, 1.807) is 19.3 Å². The van der Waals surface area contributed by atoms with Gasteiger partial charge in [-0.1, -0.05) is 0 Å². The highest BCUT2D eigenvalue weighted by molar-refractivity contribution is 7.89. The van der Waals surface area contributed by atoms with Gasteiger partial charge in [-0.2, -0.15) is 4.31 Å². The molecule has 0 saturated heterocycles. The Hall–Kier alpha value is -2.45. The predicted molar refractivity (Wildman–Crippen MR) is 90.8 cm³/mol. The molecule has 1 aromatic heterocycles. The number of aromatic nitrogens is 1. The average molecular weight is 362 g/mol. The summed E-state index contributed by atoms with van der Waals surface area (Å²) in [6, 6.07) is 7.22. The Morgan fingerprint density at radius 3 is 2.48 bits per heavy atom. The number of ether oxygens (including phenoxy) is 1. The molecule has 0 saturated carbocycles. The number of fused-ring (bicyclic) bond motifs is 1. The Balaban J connectivity index is 1.89. The summed E-state index contributed by atoms with van der Waals surface area (Å²) in [6.45, 7) is 0.520. The first-order chi connectivity index (χ1) is 11.8. The highest BCUT2D eigenvalue weighted by atomic mass is 32.2. The maximum Gasteiger partial charge on any atom is 0.337 e. The van der Waals surface area contributed by atoms with Crippen molar-refractivity contribution in [3.63, 3.8) is 0 Å². The molecule has 0 spiro atoms. The largest absolute Gasteiger partial charge is 0.465 e. The molecule has 0 amide bonds. The zero-order chi connectivity index (χ0) is 18.2. The first-order valence-electron chi connectivity index (χ1n) is 7.70. The number of esters is 1. The normalized spacial score (nSPS) is 14.8. The van der Waals surface area contributed by atoms with Crippen LogP contribution >= 0.6 is 0 Å². The fraction of sp³-hybridized carbons (Fsp3) is 0.294. The molecule has 0 radical (unpaired) electrons. The molecule has 0 N–H and O–H groups in total. The summed E-state index contributed by atoms with van der Waals surface area (Å²) in [6.07, 6.45) is 2.17. The topological polar surface area (TPSA) is 85.7 Å². The molecule has 1 aromatic carbocycles. The average Bonchev–Trinajstić information content (AvgIpc) is 2.61. The van der Waals surface area contributed by atoms with Crippen molar-refractivity contribution in [1.29, 1.82) is 0 Å². The number of hydrogen-bond donors (Lipinski definition) is 0. The van der Waals surface area contributed by atoms with Gasteiger partial charge in [0.2, 0.25) is 10.0 Å². The summed E-state index contributed by atoms with van der Waals surface area (Å²) < 4.78 is 33.1. The van der Waals surface area contributed by atoms with Gasteiger partial charge in [-0.3, -0.25) is 4.79 Å². The van der Waals surface area contributed by atoms with E-state index < -0.39 is 16.0 Å². The minimum absolute atomic E-state index is 0.103. The maximum absolute atomic E-state index is 12.8. The number of rotatable bonds is 3. The lowest BCUT2D eigenvalue weighted by molar-refractivity contribution is 0.0600. The van der Waals surface area contributed by atoms with E-state index in [0.29, 0.717) is 18.5 Å². The van der Waals surface area contributed by atoms with E-state index in [1.165, 1.54) is 40.2 Å². The lowest BCUT2D eigenvalue weighted by atomic mass is 10.0. The Morgan fingerprint density at radius 2 is 1.84 bits per heavy atom. The maximum atomic E-state index is 12.8. The molecule has 25 heavy (non-hydrogen) atoms. The molecule has 2 heterocycles. The Labute approximate surface area is 145 Å². The second-order valence-corrected chi connectivity index (χ2v) is 7.82. The van der Waals surface area contributed by atoms with Crippen molar-refractivity contribution in [3.05, 3.63) is 63.6 Å². The van der Waals surface area contributed by atoms with Gasteiger partial charge < -0.3 is 9.30 Å². The Kier molecular flexibility index (Phi) is 4.49. The molecule has 7 nitrogen and oxygen atoms in total. The Morgan fingerprint density at radius 1 is 1.16 bits per heavy atom. The standard InChI is InChI=1S/C17H18N2O5S/c1-18-10-14-11-19(8-7-13(14)9-16(18)20)25(22,23)15-5-3-12(4-6-15)17(21)24-2/h3-6,9-10H,7-8,11H2,1-2H3. The third-order valence-corrected chi connectivity index (χ3v) is 6.16. The van der Waals surface area contributed by atoms with Crippen molar-refractivity contribution in [2.75, 3.05) is 13.7 Å². The molecule has 0 aliphatic carbocycles. The third-order valence-electron chi connectivity index (χ3n) is 4.30. The SMILES string of the molecule is COC(=O)c1ccc(S(=O)(=O)N2CCc3cc(=O)n(C)cc3C2)cc1. The molecular formula is C17H18N2O5S. The second-order valence-electron chi connectivity index (χ2n) is 5.88. The molecule has 1 aliphatic rings. The predicted octanol–water partition coefficient (Wildman–Crippen LogP) is 0.919. The minimum atomic E-state index is -3.68. The van der Waals surface area contributed by atoms with E-state index in [9.17, 15) is 18.0 Å². The number of hydrogen-bond acceptors (Lipinski definition) is 5. The van der Waals surface area contributed by atoms with Crippen molar-refractivity contribution in [2.24, 2.45) is 7.05 Å². The first kappa shape index (κ1) is 17.4. The van der Waals surface area contributed by atoms with Crippen LogP contribution in [0.15, 0.2) is 46.2 Å². The van der Waals surface area contributed by atoms with E-state index in [4.69, 9.17) is 0 Å². The van der Waals surface area contributed by atoms with E-state index in [1.807, 2.05) is 0 Å². The van der Waals surface area contributed by atoms with Crippen LogP contribution in [0.25, 0.3) is 0 Å². The van der Waals surface area contributed by atoms with E-state index >= 15 is 0 Å². The van der Waals surface area contributed by atoms with Gasteiger partial charge in [-0.05, 0) is 41.8 Å². The van der Waals surface area contributed by atoms with Crippen LogP contribution in [0.5, 0.6) is 0 Å². The smallest absolute Gasteiger partial charge is 0.337 e. The lowest BCUT2D eigenvalue weighted by Gasteiger charge is -2.28.